The zero-order chi connectivity index (χ0) is 31.1. The van der Waals surface area contributed by atoms with E-state index < -0.39 is 0 Å². The van der Waals surface area contributed by atoms with Gasteiger partial charge >= 0.3 is 11.9 Å². The molecule has 6 aliphatic carbocycles. The number of hydrogen-bond donors (Lipinski definition) is 0. The normalized spacial score (nSPS) is 43.4. The van der Waals surface area contributed by atoms with Crippen molar-refractivity contribution in [1.82, 2.24) is 0 Å². The zero-order valence-corrected chi connectivity index (χ0v) is 29.1. The Balaban J connectivity index is 0.000000196. The highest BCUT2D eigenvalue weighted by molar-refractivity contribution is 5.74. The Bertz CT molecular complexity index is 949. The molecule has 43 heavy (non-hydrogen) atoms. The van der Waals surface area contributed by atoms with E-state index in [0.29, 0.717) is 24.4 Å². The Morgan fingerprint density at radius 3 is 1.72 bits per heavy atom. The van der Waals surface area contributed by atoms with Gasteiger partial charge < -0.3 is 9.47 Å². The Labute approximate surface area is 264 Å². The van der Waals surface area contributed by atoms with E-state index in [2.05, 4.69) is 34.6 Å². The predicted octanol–water partition coefficient (Wildman–Crippen LogP) is 9.74. The molecule has 0 saturated heterocycles. The first-order valence-corrected chi connectivity index (χ1v) is 18.8. The summed E-state index contributed by atoms with van der Waals surface area (Å²) >= 11 is 0. The van der Waals surface area contributed by atoms with Crippen LogP contribution in [-0.4, -0.2) is 24.1 Å². The largest absolute Gasteiger partial charge is 0.465 e. The van der Waals surface area contributed by atoms with Gasteiger partial charge in [-0.2, -0.15) is 0 Å². The van der Waals surface area contributed by atoms with Crippen molar-refractivity contribution in [1.29, 1.82) is 0 Å². The highest BCUT2D eigenvalue weighted by atomic mass is 16.6. The first-order chi connectivity index (χ1) is 20.4. The monoisotopic (exact) mass is 598 g/mol. The van der Waals surface area contributed by atoms with E-state index in [1.165, 1.54) is 64.2 Å². The predicted molar refractivity (Wildman–Crippen MR) is 174 cm³/mol. The average molecular weight is 599 g/mol. The summed E-state index contributed by atoms with van der Waals surface area (Å²) in [7, 11) is 0. The minimum atomic E-state index is -0.340. The SMILES string of the molecule is CC1C2CC(C(=O)OC(C)(C)C)C(C2)C1C.CCCCCCCCCCOC(=O)C1CC2CC1C1C3CC(C(C)C3C)C21. The number of rotatable bonds is 11. The van der Waals surface area contributed by atoms with Crippen LogP contribution in [0.2, 0.25) is 0 Å². The van der Waals surface area contributed by atoms with Gasteiger partial charge in [-0.3, -0.25) is 9.59 Å². The molecule has 6 fully saturated rings. The van der Waals surface area contributed by atoms with Crippen LogP contribution in [0.15, 0.2) is 0 Å². The molecule has 6 saturated carbocycles. The van der Waals surface area contributed by atoms with E-state index >= 15 is 0 Å². The number of fused-ring (bicyclic) bond motifs is 11. The summed E-state index contributed by atoms with van der Waals surface area (Å²) in [6.07, 6.45) is 16.6. The molecule has 4 nitrogen and oxygen atoms in total. The number of carbonyl (C=O) groups is 2. The van der Waals surface area contributed by atoms with E-state index in [1.807, 2.05) is 20.8 Å². The summed E-state index contributed by atoms with van der Waals surface area (Å²) in [5.74, 6) is 10.5. The molecule has 6 rings (SSSR count). The van der Waals surface area contributed by atoms with Crippen molar-refractivity contribution in [3.05, 3.63) is 0 Å². The topological polar surface area (TPSA) is 52.6 Å². The zero-order valence-electron chi connectivity index (χ0n) is 29.1. The van der Waals surface area contributed by atoms with E-state index in [-0.39, 0.29) is 29.4 Å². The van der Waals surface area contributed by atoms with Crippen molar-refractivity contribution in [3.63, 3.8) is 0 Å². The molecule has 6 aliphatic rings. The second kappa shape index (κ2) is 13.7. The van der Waals surface area contributed by atoms with Crippen LogP contribution in [0.1, 0.15) is 139 Å². The van der Waals surface area contributed by atoms with Crippen molar-refractivity contribution in [3.8, 4) is 0 Å². The van der Waals surface area contributed by atoms with Crippen LogP contribution in [0.25, 0.3) is 0 Å². The first-order valence-electron chi connectivity index (χ1n) is 18.8. The van der Waals surface area contributed by atoms with E-state index in [9.17, 15) is 9.59 Å². The van der Waals surface area contributed by atoms with Gasteiger partial charge in [0.1, 0.15) is 5.60 Å². The van der Waals surface area contributed by atoms with Gasteiger partial charge in [-0.25, -0.2) is 0 Å². The molecule has 0 radical (unpaired) electrons. The van der Waals surface area contributed by atoms with E-state index in [4.69, 9.17) is 9.47 Å². The standard InChI is InChI=1S/C25H42O2.C14H24O2/c1-4-5-6-7-8-9-10-11-12-27-25(26)22-14-18-13-21(22)24-20-15-19(23(18)24)16(2)17(20)3;1-8-9(2)11-6-10(8)7-12(11)13(15)16-14(3,4)5/h16-24H,4-15H2,1-3H3;8-12H,6-7H2,1-5H3. The molecule has 4 heteroatoms. The third kappa shape index (κ3) is 6.89. The van der Waals surface area contributed by atoms with Gasteiger partial charge in [-0.1, -0.05) is 79.6 Å². The molecule has 0 aromatic heterocycles. The molecule has 0 aromatic rings. The summed E-state index contributed by atoms with van der Waals surface area (Å²) in [5, 5.41) is 0. The summed E-state index contributed by atoms with van der Waals surface area (Å²) in [6, 6.07) is 0. The fourth-order valence-electron chi connectivity index (χ4n) is 11.6. The van der Waals surface area contributed by atoms with Crippen molar-refractivity contribution in [2.24, 2.45) is 82.9 Å². The molecule has 6 bridgehead atoms. The van der Waals surface area contributed by atoms with Gasteiger partial charge in [0.25, 0.3) is 0 Å². The molecule has 14 unspecified atom stereocenters. The molecular formula is C39H66O4. The van der Waals surface area contributed by atoms with Crippen LogP contribution in [0.3, 0.4) is 0 Å². The second-order valence-electron chi connectivity index (χ2n) is 17.3. The number of ether oxygens (including phenoxy) is 2. The number of unbranched alkanes of at least 4 members (excludes halogenated alkanes) is 7. The number of carbonyl (C=O) groups excluding carboxylic acids is 2. The van der Waals surface area contributed by atoms with Crippen molar-refractivity contribution < 1.29 is 19.1 Å². The maximum atomic E-state index is 12.8. The molecule has 0 N–H and O–H groups in total. The van der Waals surface area contributed by atoms with Gasteiger partial charge in [0.15, 0.2) is 0 Å². The smallest absolute Gasteiger partial charge is 0.309 e. The highest BCUT2D eigenvalue weighted by Gasteiger charge is 2.66. The van der Waals surface area contributed by atoms with Crippen molar-refractivity contribution in [2.75, 3.05) is 6.61 Å². The number of esters is 2. The van der Waals surface area contributed by atoms with Crippen LogP contribution >= 0.6 is 0 Å². The second-order valence-corrected chi connectivity index (χ2v) is 17.3. The third-order valence-electron chi connectivity index (χ3n) is 14.0. The van der Waals surface area contributed by atoms with Crippen LogP contribution < -0.4 is 0 Å². The summed E-state index contributed by atoms with van der Waals surface area (Å²) < 4.78 is 11.3. The Morgan fingerprint density at radius 2 is 1.12 bits per heavy atom. The molecule has 0 heterocycles. The Kier molecular flexibility index (Phi) is 10.6. The van der Waals surface area contributed by atoms with E-state index in [1.54, 1.807) is 0 Å². The average Bonchev–Trinajstić information content (AvgIpc) is 3.78. The lowest BCUT2D eigenvalue weighted by Gasteiger charge is -2.43. The van der Waals surface area contributed by atoms with Crippen LogP contribution in [0, 0.1) is 82.9 Å². The fraction of sp³-hybridized carbons (Fsp3) is 0.949. The summed E-state index contributed by atoms with van der Waals surface area (Å²) in [6.45, 7) is 18.4. The van der Waals surface area contributed by atoms with Gasteiger partial charge in [-0.15, -0.1) is 0 Å². The van der Waals surface area contributed by atoms with Gasteiger partial charge in [-0.05, 0) is 130 Å². The maximum absolute atomic E-state index is 12.8. The van der Waals surface area contributed by atoms with Crippen LogP contribution in [-0.2, 0) is 19.1 Å². The molecule has 14 atom stereocenters. The minimum Gasteiger partial charge on any atom is -0.465 e. The van der Waals surface area contributed by atoms with Crippen LogP contribution in [0.4, 0.5) is 0 Å². The lowest BCUT2D eigenvalue weighted by molar-refractivity contribution is -0.163. The van der Waals surface area contributed by atoms with Gasteiger partial charge in [0.05, 0.1) is 18.4 Å². The maximum Gasteiger partial charge on any atom is 0.309 e. The summed E-state index contributed by atoms with van der Waals surface area (Å²) in [4.78, 5) is 24.8. The molecule has 0 aromatic carbocycles. The van der Waals surface area contributed by atoms with Crippen molar-refractivity contribution in [2.45, 2.75) is 144 Å². The van der Waals surface area contributed by atoms with E-state index in [0.717, 1.165) is 72.5 Å². The molecule has 0 aliphatic heterocycles. The van der Waals surface area contributed by atoms with Gasteiger partial charge in [0.2, 0.25) is 0 Å². The Hall–Kier alpha value is -1.06. The van der Waals surface area contributed by atoms with Crippen molar-refractivity contribution >= 4 is 11.9 Å². The molecular weight excluding hydrogens is 532 g/mol. The van der Waals surface area contributed by atoms with Gasteiger partial charge in [0, 0.05) is 0 Å². The first kappa shape index (κ1) is 33.3. The Morgan fingerprint density at radius 1 is 0.581 bits per heavy atom. The number of hydrogen-bond acceptors (Lipinski definition) is 4. The highest BCUT2D eigenvalue weighted by Crippen LogP contribution is 2.71. The minimum absolute atomic E-state index is 0.0405. The van der Waals surface area contributed by atoms with Crippen LogP contribution in [0.5, 0.6) is 0 Å². The molecule has 246 valence electrons. The summed E-state index contributed by atoms with van der Waals surface area (Å²) in [5.41, 5.74) is -0.340. The quantitative estimate of drug-likeness (QED) is 0.135. The lowest BCUT2D eigenvalue weighted by atomic mass is 9.62. The lowest BCUT2D eigenvalue weighted by Crippen LogP contribution is -2.40. The third-order valence-corrected chi connectivity index (χ3v) is 14.0. The molecule has 0 spiro atoms. The molecule has 0 amide bonds. The fourth-order valence-corrected chi connectivity index (χ4v) is 11.6.